The molecule has 1 N–H and O–H groups in total. The minimum Gasteiger partial charge on any atom is -0.345 e. The Morgan fingerprint density at radius 1 is 1.53 bits per heavy atom. The number of hydrogen-bond acceptors (Lipinski definition) is 2. The van der Waals surface area contributed by atoms with Gasteiger partial charge >= 0.3 is 0 Å². The Morgan fingerprint density at radius 2 is 2.40 bits per heavy atom. The monoisotopic (exact) mass is 264 g/mol. The molecule has 2 rings (SSSR count). The highest BCUT2D eigenvalue weighted by Crippen LogP contribution is 2.16. The zero-order valence-corrected chi connectivity index (χ0v) is 9.49. The maximum atomic E-state index is 10.7. The quantitative estimate of drug-likeness (QED) is 0.685. The molecule has 4 heteroatoms. The number of nitrogens with one attached hydrogen (secondary N) is 1. The third kappa shape index (κ3) is 1.99. The van der Waals surface area contributed by atoms with Crippen molar-refractivity contribution in [1.29, 1.82) is 0 Å². The number of aromatic amines is 1. The van der Waals surface area contributed by atoms with Gasteiger partial charge in [0.2, 0.25) is 0 Å². The summed E-state index contributed by atoms with van der Waals surface area (Å²) in [5.41, 5.74) is 2.38. The molecule has 0 aliphatic carbocycles. The number of fused-ring (bicyclic) bond motifs is 1. The predicted molar refractivity (Wildman–Crippen MR) is 64.3 cm³/mol. The molecule has 0 fully saturated rings. The normalized spacial score (nSPS) is 11.3. The van der Waals surface area contributed by atoms with Gasteiger partial charge in [-0.3, -0.25) is 4.79 Å². The van der Waals surface area contributed by atoms with Crippen LogP contribution in [0.3, 0.4) is 0 Å². The fourth-order valence-corrected chi connectivity index (χ4v) is 1.60. The van der Waals surface area contributed by atoms with Crippen LogP contribution in [-0.4, -0.2) is 21.6 Å². The molecule has 76 valence electrons. The Bertz CT molecular complexity index is 516. The molecule has 15 heavy (non-hydrogen) atoms. The molecule has 0 unspecified atom stereocenters. The largest absolute Gasteiger partial charge is 0.345 e. The van der Waals surface area contributed by atoms with Gasteiger partial charge < -0.3 is 4.98 Å². The molecule has 2 aromatic heterocycles. The van der Waals surface area contributed by atoms with Gasteiger partial charge in [-0.2, -0.15) is 0 Å². The van der Waals surface area contributed by atoms with E-state index in [-0.39, 0.29) is 0 Å². The molecule has 3 nitrogen and oxygen atoms in total. The van der Waals surface area contributed by atoms with Gasteiger partial charge in [-0.15, -0.1) is 0 Å². The number of hydrogen-bond donors (Lipinski definition) is 1. The summed E-state index contributed by atoms with van der Waals surface area (Å²) in [6.07, 6.45) is 8.21. The van der Waals surface area contributed by atoms with Gasteiger partial charge in [0.1, 0.15) is 5.65 Å². The Labute approximate surface area is 95.3 Å². The number of aromatic nitrogens is 2. The summed E-state index contributed by atoms with van der Waals surface area (Å²) >= 11 is 3.31. The molecular weight excluding hydrogens is 256 g/mol. The molecule has 0 spiro atoms. The maximum Gasteiger partial charge on any atom is 0.152 e. The van der Waals surface area contributed by atoms with E-state index >= 15 is 0 Å². The molecule has 0 aliphatic heterocycles. The van der Waals surface area contributed by atoms with E-state index in [1.807, 2.05) is 18.2 Å². The fourth-order valence-electron chi connectivity index (χ4n) is 1.41. The highest BCUT2D eigenvalue weighted by atomic mass is 79.9. The first-order valence-corrected chi connectivity index (χ1v) is 5.62. The summed E-state index contributed by atoms with van der Waals surface area (Å²) in [6, 6.07) is 1.95. The second-order valence-electron chi connectivity index (χ2n) is 3.08. The molecule has 0 amide bonds. The van der Waals surface area contributed by atoms with Crippen LogP contribution in [-0.2, 0) is 0 Å². The minimum absolute atomic E-state index is 0.645. The highest BCUT2D eigenvalue weighted by molar-refractivity contribution is 9.09. The second-order valence-corrected chi connectivity index (χ2v) is 3.73. The van der Waals surface area contributed by atoms with Crippen molar-refractivity contribution in [2.75, 3.05) is 5.33 Å². The number of carbonyl (C=O) groups excluding carboxylic acids is 1. The van der Waals surface area contributed by atoms with Crippen LogP contribution in [0.25, 0.3) is 17.1 Å². The summed E-state index contributed by atoms with van der Waals surface area (Å²) in [7, 11) is 0. The first kappa shape index (κ1) is 10.1. The molecular formula is C11H9BrN2O. The first-order chi connectivity index (χ1) is 7.35. The SMILES string of the molecule is O=Cc1c[nH]c2ncc(C=CCBr)cc12. The summed E-state index contributed by atoms with van der Waals surface area (Å²) < 4.78 is 0. The van der Waals surface area contributed by atoms with Gasteiger partial charge in [0.15, 0.2) is 6.29 Å². The second kappa shape index (κ2) is 4.40. The fraction of sp³-hybridized carbons (Fsp3) is 0.0909. The summed E-state index contributed by atoms with van der Waals surface area (Å²) in [5, 5.41) is 1.67. The lowest BCUT2D eigenvalue weighted by molar-refractivity contribution is 0.112. The van der Waals surface area contributed by atoms with E-state index in [9.17, 15) is 4.79 Å². The van der Waals surface area contributed by atoms with E-state index in [0.29, 0.717) is 5.56 Å². The smallest absolute Gasteiger partial charge is 0.152 e. The third-order valence-electron chi connectivity index (χ3n) is 2.11. The van der Waals surface area contributed by atoms with Crippen molar-refractivity contribution < 1.29 is 4.79 Å². The van der Waals surface area contributed by atoms with Crippen LogP contribution in [0.1, 0.15) is 15.9 Å². The lowest BCUT2D eigenvalue weighted by Crippen LogP contribution is -1.81. The lowest BCUT2D eigenvalue weighted by atomic mass is 10.2. The standard InChI is InChI=1S/C11H9BrN2O/c12-3-1-2-8-4-10-9(7-15)6-14-11(10)13-5-8/h1-2,4-7H,3H2,(H,13,14). The molecule has 2 aromatic rings. The van der Waals surface area contributed by atoms with Crippen molar-refractivity contribution in [3.63, 3.8) is 0 Å². The number of pyridine rings is 1. The number of rotatable bonds is 3. The minimum atomic E-state index is 0.645. The van der Waals surface area contributed by atoms with E-state index in [2.05, 4.69) is 25.9 Å². The number of aldehydes is 1. The topological polar surface area (TPSA) is 45.8 Å². The van der Waals surface area contributed by atoms with E-state index in [1.165, 1.54) is 0 Å². The zero-order chi connectivity index (χ0) is 10.7. The zero-order valence-electron chi connectivity index (χ0n) is 7.90. The van der Waals surface area contributed by atoms with Gasteiger partial charge in [-0.05, 0) is 11.6 Å². The third-order valence-corrected chi connectivity index (χ3v) is 2.48. The number of nitrogens with zero attached hydrogens (tertiary/aromatic N) is 1. The van der Waals surface area contributed by atoms with E-state index in [0.717, 1.165) is 28.2 Å². The Kier molecular flexibility index (Phi) is 2.97. The van der Waals surface area contributed by atoms with Crippen molar-refractivity contribution >= 4 is 39.3 Å². The molecule has 0 aliphatic rings. The number of alkyl halides is 1. The van der Waals surface area contributed by atoms with Crippen LogP contribution in [0.2, 0.25) is 0 Å². The van der Waals surface area contributed by atoms with Gasteiger partial charge in [0, 0.05) is 28.7 Å². The maximum absolute atomic E-state index is 10.7. The van der Waals surface area contributed by atoms with Crippen LogP contribution in [0.15, 0.2) is 24.5 Å². The first-order valence-electron chi connectivity index (χ1n) is 4.50. The van der Waals surface area contributed by atoms with Crippen molar-refractivity contribution in [2.24, 2.45) is 0 Å². The lowest BCUT2D eigenvalue weighted by Gasteiger charge is -1.94. The predicted octanol–water partition coefficient (Wildman–Crippen LogP) is 2.78. The van der Waals surface area contributed by atoms with Crippen molar-refractivity contribution in [3.8, 4) is 0 Å². The molecule has 2 heterocycles. The van der Waals surface area contributed by atoms with Crippen LogP contribution >= 0.6 is 15.9 Å². The summed E-state index contributed by atoms with van der Waals surface area (Å²) in [6.45, 7) is 0. The van der Waals surface area contributed by atoms with Gasteiger partial charge in [-0.25, -0.2) is 4.98 Å². The number of carbonyl (C=O) groups is 1. The highest BCUT2D eigenvalue weighted by Gasteiger charge is 2.03. The van der Waals surface area contributed by atoms with E-state index in [4.69, 9.17) is 0 Å². The molecule has 0 saturated heterocycles. The van der Waals surface area contributed by atoms with Gasteiger partial charge in [-0.1, -0.05) is 28.1 Å². The Morgan fingerprint density at radius 3 is 3.13 bits per heavy atom. The van der Waals surface area contributed by atoms with E-state index in [1.54, 1.807) is 12.4 Å². The van der Waals surface area contributed by atoms with Gasteiger partial charge in [0.25, 0.3) is 0 Å². The van der Waals surface area contributed by atoms with Crippen LogP contribution in [0.5, 0.6) is 0 Å². The Hall–Kier alpha value is -1.42. The molecule has 0 atom stereocenters. The molecule has 0 radical (unpaired) electrons. The molecule has 0 aromatic carbocycles. The van der Waals surface area contributed by atoms with Crippen molar-refractivity contribution in [2.45, 2.75) is 0 Å². The number of halogens is 1. The van der Waals surface area contributed by atoms with Crippen LogP contribution in [0, 0.1) is 0 Å². The number of allylic oxidation sites excluding steroid dienone is 1. The number of H-pyrrole nitrogens is 1. The van der Waals surface area contributed by atoms with Crippen LogP contribution < -0.4 is 0 Å². The molecule has 0 saturated carbocycles. The summed E-state index contributed by atoms with van der Waals surface area (Å²) in [4.78, 5) is 17.9. The average Bonchev–Trinajstić information content (AvgIpc) is 2.68. The average molecular weight is 265 g/mol. The van der Waals surface area contributed by atoms with Crippen molar-refractivity contribution in [3.05, 3.63) is 35.7 Å². The van der Waals surface area contributed by atoms with E-state index < -0.39 is 0 Å². The van der Waals surface area contributed by atoms with Gasteiger partial charge in [0.05, 0.1) is 0 Å². The van der Waals surface area contributed by atoms with Crippen LogP contribution in [0.4, 0.5) is 0 Å². The Balaban J connectivity index is 2.52. The van der Waals surface area contributed by atoms with Crippen molar-refractivity contribution in [1.82, 2.24) is 9.97 Å². The summed E-state index contributed by atoms with van der Waals surface area (Å²) in [5.74, 6) is 0. The molecule has 0 bridgehead atoms.